The van der Waals surface area contributed by atoms with Gasteiger partial charge in [0, 0.05) is 3.57 Å². The number of nitriles is 1. The zero-order chi connectivity index (χ0) is 11.4. The zero-order valence-electron chi connectivity index (χ0n) is 8.20. The fraction of sp³-hybridized carbons (Fsp3) is 0.200. The summed E-state index contributed by atoms with van der Waals surface area (Å²) in [6, 6.07) is 5.15. The molecule has 0 spiro atoms. The standard InChI is InChI=1S/C10H8INO3/c1-14-6-3-7(10(13)15-2)8(5-12)9(11)4-6/h3-4H,1-2H3. The number of carbonyl (C=O) groups is 1. The summed E-state index contributed by atoms with van der Waals surface area (Å²) in [5, 5.41) is 8.90. The number of methoxy groups -OCH3 is 2. The van der Waals surface area contributed by atoms with Crippen LogP contribution in [0.3, 0.4) is 0 Å². The number of rotatable bonds is 2. The number of hydrogen-bond acceptors (Lipinski definition) is 4. The van der Waals surface area contributed by atoms with Gasteiger partial charge in [0.15, 0.2) is 0 Å². The van der Waals surface area contributed by atoms with Crippen molar-refractivity contribution in [3.8, 4) is 11.8 Å². The molecule has 78 valence electrons. The van der Waals surface area contributed by atoms with Crippen LogP contribution in [0.15, 0.2) is 12.1 Å². The summed E-state index contributed by atoms with van der Waals surface area (Å²) in [5.74, 6) is -0.0119. The molecule has 0 N–H and O–H groups in total. The van der Waals surface area contributed by atoms with Gasteiger partial charge in [-0.25, -0.2) is 4.79 Å². The lowest BCUT2D eigenvalue weighted by atomic mass is 10.1. The maximum atomic E-state index is 11.4. The van der Waals surface area contributed by atoms with Crippen molar-refractivity contribution >= 4 is 28.6 Å². The van der Waals surface area contributed by atoms with Crippen LogP contribution in [-0.4, -0.2) is 20.2 Å². The van der Waals surface area contributed by atoms with Gasteiger partial charge in [-0.1, -0.05) is 0 Å². The van der Waals surface area contributed by atoms with Gasteiger partial charge in [0.25, 0.3) is 0 Å². The van der Waals surface area contributed by atoms with Gasteiger partial charge in [-0.3, -0.25) is 0 Å². The summed E-state index contributed by atoms with van der Waals surface area (Å²) < 4.78 is 10.3. The minimum atomic E-state index is -0.539. The Morgan fingerprint density at radius 2 is 2.13 bits per heavy atom. The van der Waals surface area contributed by atoms with Crippen molar-refractivity contribution in [3.63, 3.8) is 0 Å². The van der Waals surface area contributed by atoms with Crippen LogP contribution in [0.2, 0.25) is 0 Å². The summed E-state index contributed by atoms with van der Waals surface area (Å²) in [5.41, 5.74) is 0.534. The molecule has 0 aliphatic carbocycles. The van der Waals surface area contributed by atoms with E-state index in [1.54, 1.807) is 6.07 Å². The van der Waals surface area contributed by atoms with E-state index in [-0.39, 0.29) is 5.56 Å². The topological polar surface area (TPSA) is 59.3 Å². The third-order valence-electron chi connectivity index (χ3n) is 1.82. The highest BCUT2D eigenvalue weighted by molar-refractivity contribution is 14.1. The predicted octanol–water partition coefficient (Wildman–Crippen LogP) is 1.96. The van der Waals surface area contributed by atoms with E-state index in [2.05, 4.69) is 4.74 Å². The van der Waals surface area contributed by atoms with Crippen molar-refractivity contribution in [3.05, 3.63) is 26.8 Å². The van der Waals surface area contributed by atoms with Crippen LogP contribution in [0.4, 0.5) is 0 Å². The van der Waals surface area contributed by atoms with Gasteiger partial charge in [0.2, 0.25) is 0 Å². The van der Waals surface area contributed by atoms with Crippen molar-refractivity contribution in [2.45, 2.75) is 0 Å². The number of ether oxygens (including phenoxy) is 2. The van der Waals surface area contributed by atoms with Gasteiger partial charge in [0.05, 0.1) is 25.3 Å². The van der Waals surface area contributed by atoms with Crippen LogP contribution >= 0.6 is 22.6 Å². The number of hydrogen-bond donors (Lipinski definition) is 0. The van der Waals surface area contributed by atoms with Gasteiger partial charge in [0.1, 0.15) is 11.8 Å². The molecule has 0 atom stereocenters. The monoisotopic (exact) mass is 317 g/mol. The maximum Gasteiger partial charge on any atom is 0.339 e. The Bertz CT molecular complexity index is 437. The van der Waals surface area contributed by atoms with Crippen LogP contribution in [0.25, 0.3) is 0 Å². The van der Waals surface area contributed by atoms with Gasteiger partial charge >= 0.3 is 5.97 Å². The molecule has 4 nitrogen and oxygen atoms in total. The average molecular weight is 317 g/mol. The van der Waals surface area contributed by atoms with E-state index in [9.17, 15) is 4.79 Å². The second kappa shape index (κ2) is 4.98. The molecule has 0 aliphatic heterocycles. The molecule has 0 radical (unpaired) electrons. The molecule has 0 saturated heterocycles. The van der Waals surface area contributed by atoms with E-state index in [1.807, 2.05) is 28.7 Å². The smallest absolute Gasteiger partial charge is 0.339 e. The summed E-state index contributed by atoms with van der Waals surface area (Å²) in [4.78, 5) is 11.4. The molecular formula is C10H8INO3. The van der Waals surface area contributed by atoms with Gasteiger partial charge in [-0.05, 0) is 34.7 Å². The fourth-order valence-electron chi connectivity index (χ4n) is 1.08. The summed E-state index contributed by atoms with van der Waals surface area (Å²) >= 11 is 1.97. The minimum absolute atomic E-state index is 0.226. The van der Waals surface area contributed by atoms with E-state index in [0.717, 1.165) is 0 Å². The number of nitrogens with zero attached hydrogens (tertiary/aromatic N) is 1. The Morgan fingerprint density at radius 1 is 1.47 bits per heavy atom. The Kier molecular flexibility index (Phi) is 3.91. The van der Waals surface area contributed by atoms with Crippen LogP contribution in [0.5, 0.6) is 5.75 Å². The van der Waals surface area contributed by atoms with Crippen LogP contribution < -0.4 is 4.74 Å². The Hall–Kier alpha value is -1.29. The number of esters is 1. The van der Waals surface area contributed by atoms with Crippen molar-refractivity contribution in [1.29, 1.82) is 5.26 Å². The SMILES string of the molecule is COC(=O)c1cc(OC)cc(I)c1C#N. The van der Waals surface area contributed by atoms with E-state index < -0.39 is 5.97 Å². The van der Waals surface area contributed by atoms with Crippen molar-refractivity contribution in [2.75, 3.05) is 14.2 Å². The molecule has 0 heterocycles. The molecule has 0 amide bonds. The molecule has 0 aliphatic rings. The van der Waals surface area contributed by atoms with E-state index in [0.29, 0.717) is 14.9 Å². The molecule has 5 heteroatoms. The first-order valence-corrected chi connectivity index (χ1v) is 5.07. The third-order valence-corrected chi connectivity index (χ3v) is 2.67. The lowest BCUT2D eigenvalue weighted by Crippen LogP contribution is -2.06. The molecule has 0 aromatic heterocycles. The van der Waals surface area contributed by atoms with Gasteiger partial charge < -0.3 is 9.47 Å². The van der Waals surface area contributed by atoms with Gasteiger partial charge in [-0.15, -0.1) is 0 Å². The van der Waals surface area contributed by atoms with Crippen molar-refractivity contribution < 1.29 is 14.3 Å². The van der Waals surface area contributed by atoms with Crippen molar-refractivity contribution in [1.82, 2.24) is 0 Å². The lowest BCUT2D eigenvalue weighted by molar-refractivity contribution is 0.0600. The first-order chi connectivity index (χ1) is 7.13. The molecular weight excluding hydrogens is 309 g/mol. The highest BCUT2D eigenvalue weighted by atomic mass is 127. The van der Waals surface area contributed by atoms with Crippen LogP contribution in [-0.2, 0) is 4.74 Å². The van der Waals surface area contributed by atoms with Crippen LogP contribution in [0, 0.1) is 14.9 Å². The number of benzene rings is 1. The first-order valence-electron chi connectivity index (χ1n) is 4.00. The number of carbonyl (C=O) groups excluding carboxylic acids is 1. The van der Waals surface area contributed by atoms with E-state index in [4.69, 9.17) is 10.00 Å². The lowest BCUT2D eigenvalue weighted by Gasteiger charge is -2.07. The van der Waals surface area contributed by atoms with Crippen molar-refractivity contribution in [2.24, 2.45) is 0 Å². The quantitative estimate of drug-likeness (QED) is 0.618. The normalized spacial score (nSPS) is 9.20. The van der Waals surface area contributed by atoms with E-state index in [1.165, 1.54) is 20.3 Å². The second-order valence-corrected chi connectivity index (χ2v) is 3.80. The van der Waals surface area contributed by atoms with Gasteiger partial charge in [-0.2, -0.15) is 5.26 Å². The first kappa shape index (κ1) is 11.8. The highest BCUT2D eigenvalue weighted by Crippen LogP contribution is 2.24. The molecule has 1 rings (SSSR count). The largest absolute Gasteiger partial charge is 0.497 e. The molecule has 1 aromatic rings. The summed E-state index contributed by atoms with van der Waals surface area (Å²) in [6.07, 6.45) is 0. The maximum absolute atomic E-state index is 11.4. The Labute approximate surface area is 101 Å². The summed E-state index contributed by atoms with van der Waals surface area (Å²) in [7, 11) is 2.77. The highest BCUT2D eigenvalue weighted by Gasteiger charge is 2.16. The average Bonchev–Trinajstić information content (AvgIpc) is 2.26. The summed E-state index contributed by atoms with van der Waals surface area (Å²) in [6.45, 7) is 0. The minimum Gasteiger partial charge on any atom is -0.497 e. The Morgan fingerprint density at radius 3 is 2.60 bits per heavy atom. The molecule has 1 aromatic carbocycles. The zero-order valence-corrected chi connectivity index (χ0v) is 10.4. The van der Waals surface area contributed by atoms with Crippen LogP contribution in [0.1, 0.15) is 15.9 Å². The molecule has 15 heavy (non-hydrogen) atoms. The Balaban J connectivity index is 3.40. The molecule has 0 saturated carbocycles. The fourth-order valence-corrected chi connectivity index (χ4v) is 1.80. The number of halogens is 1. The molecule has 0 fully saturated rings. The molecule has 0 bridgehead atoms. The van der Waals surface area contributed by atoms with E-state index >= 15 is 0 Å². The third kappa shape index (κ3) is 2.39. The second-order valence-electron chi connectivity index (χ2n) is 2.64. The molecule has 0 unspecified atom stereocenters. The predicted molar refractivity (Wildman–Crippen MR) is 61.8 cm³/mol.